The van der Waals surface area contributed by atoms with Gasteiger partial charge in [-0.15, -0.1) is 0 Å². The second-order valence-electron chi connectivity index (χ2n) is 3.45. The van der Waals surface area contributed by atoms with E-state index in [0.717, 1.165) is 5.82 Å². The van der Waals surface area contributed by atoms with Crippen molar-refractivity contribution in [3.05, 3.63) is 23.9 Å². The summed E-state index contributed by atoms with van der Waals surface area (Å²) in [6.45, 7) is 2.77. The zero-order valence-electron chi connectivity index (χ0n) is 8.49. The monoisotopic (exact) mass is 179 g/mol. The van der Waals surface area contributed by atoms with Gasteiger partial charge in [0.2, 0.25) is 0 Å². The van der Waals surface area contributed by atoms with Crippen molar-refractivity contribution in [3.63, 3.8) is 0 Å². The Morgan fingerprint density at radius 3 is 2.77 bits per heavy atom. The predicted octanol–water partition coefficient (Wildman–Crippen LogP) is 1.21. The minimum Gasteiger partial charge on any atom is -0.363 e. The molecule has 13 heavy (non-hydrogen) atoms. The standard InChI is InChI=1S/C10H17N3/c1-8(7-11)9-5-4-6-12-10(9)13(2)3/h4-6,8H,7,11H2,1-3H3. The minimum atomic E-state index is 0.367. The van der Waals surface area contributed by atoms with Crippen LogP contribution in [0.5, 0.6) is 0 Å². The Morgan fingerprint density at radius 2 is 2.23 bits per heavy atom. The molecule has 0 saturated carbocycles. The van der Waals surface area contributed by atoms with Gasteiger partial charge >= 0.3 is 0 Å². The first kappa shape index (κ1) is 9.99. The highest BCUT2D eigenvalue weighted by molar-refractivity contribution is 5.47. The SMILES string of the molecule is CC(CN)c1cccnc1N(C)C. The first-order valence-electron chi connectivity index (χ1n) is 4.49. The number of pyridine rings is 1. The van der Waals surface area contributed by atoms with Gasteiger partial charge in [0.25, 0.3) is 0 Å². The third-order valence-electron chi connectivity index (χ3n) is 2.12. The summed E-state index contributed by atoms with van der Waals surface area (Å²) in [6, 6.07) is 4.04. The van der Waals surface area contributed by atoms with E-state index < -0.39 is 0 Å². The van der Waals surface area contributed by atoms with Crippen LogP contribution >= 0.6 is 0 Å². The number of hydrogen-bond acceptors (Lipinski definition) is 3. The quantitative estimate of drug-likeness (QED) is 0.758. The molecule has 0 radical (unpaired) electrons. The van der Waals surface area contributed by atoms with Gasteiger partial charge in [0.15, 0.2) is 0 Å². The lowest BCUT2D eigenvalue weighted by molar-refractivity contribution is 0.765. The molecule has 0 spiro atoms. The zero-order valence-corrected chi connectivity index (χ0v) is 8.49. The molecule has 1 rings (SSSR count). The van der Waals surface area contributed by atoms with Crippen LogP contribution < -0.4 is 10.6 Å². The summed E-state index contributed by atoms with van der Waals surface area (Å²) < 4.78 is 0. The van der Waals surface area contributed by atoms with E-state index >= 15 is 0 Å². The van der Waals surface area contributed by atoms with Gasteiger partial charge in [0.05, 0.1) is 0 Å². The maximum Gasteiger partial charge on any atom is 0.131 e. The van der Waals surface area contributed by atoms with Crippen LogP contribution in [0.4, 0.5) is 5.82 Å². The van der Waals surface area contributed by atoms with E-state index in [4.69, 9.17) is 5.73 Å². The van der Waals surface area contributed by atoms with Crippen molar-refractivity contribution in [2.45, 2.75) is 12.8 Å². The van der Waals surface area contributed by atoms with Crippen LogP contribution in [0.15, 0.2) is 18.3 Å². The summed E-state index contributed by atoms with van der Waals surface area (Å²) in [5.74, 6) is 1.38. The first-order valence-corrected chi connectivity index (χ1v) is 4.49. The largest absolute Gasteiger partial charge is 0.363 e. The Bertz CT molecular complexity index is 271. The highest BCUT2D eigenvalue weighted by atomic mass is 15.1. The smallest absolute Gasteiger partial charge is 0.131 e. The van der Waals surface area contributed by atoms with Crippen molar-refractivity contribution in [2.24, 2.45) is 5.73 Å². The van der Waals surface area contributed by atoms with Crippen molar-refractivity contribution in [1.29, 1.82) is 0 Å². The molecule has 0 aromatic carbocycles. The molecule has 1 heterocycles. The summed E-state index contributed by atoms with van der Waals surface area (Å²) in [4.78, 5) is 6.33. The van der Waals surface area contributed by atoms with E-state index in [1.165, 1.54) is 5.56 Å². The lowest BCUT2D eigenvalue weighted by atomic mass is 10.0. The maximum atomic E-state index is 5.63. The van der Waals surface area contributed by atoms with Crippen LogP contribution in [-0.4, -0.2) is 25.6 Å². The zero-order chi connectivity index (χ0) is 9.84. The Kier molecular flexibility index (Phi) is 3.25. The van der Waals surface area contributed by atoms with Gasteiger partial charge in [-0.2, -0.15) is 0 Å². The molecule has 0 fully saturated rings. The molecule has 1 atom stereocenters. The molecule has 1 aromatic heterocycles. The fourth-order valence-corrected chi connectivity index (χ4v) is 1.29. The lowest BCUT2D eigenvalue weighted by Gasteiger charge is -2.18. The maximum absolute atomic E-state index is 5.63. The molecule has 0 aliphatic carbocycles. The number of nitrogens with two attached hydrogens (primary N) is 1. The van der Waals surface area contributed by atoms with E-state index in [2.05, 4.69) is 18.0 Å². The molecule has 72 valence electrons. The van der Waals surface area contributed by atoms with E-state index in [0.29, 0.717) is 12.5 Å². The Hall–Kier alpha value is -1.09. The van der Waals surface area contributed by atoms with Crippen molar-refractivity contribution in [1.82, 2.24) is 4.98 Å². The topological polar surface area (TPSA) is 42.1 Å². The van der Waals surface area contributed by atoms with Crippen LogP contribution in [0.2, 0.25) is 0 Å². The number of aromatic nitrogens is 1. The van der Waals surface area contributed by atoms with E-state index in [1.54, 1.807) is 0 Å². The average Bonchev–Trinajstić information content (AvgIpc) is 2.16. The van der Waals surface area contributed by atoms with Crippen molar-refractivity contribution < 1.29 is 0 Å². The number of nitrogens with zero attached hydrogens (tertiary/aromatic N) is 2. The second-order valence-corrected chi connectivity index (χ2v) is 3.45. The number of anilines is 1. The van der Waals surface area contributed by atoms with Crippen LogP contribution in [0.25, 0.3) is 0 Å². The molecule has 0 amide bonds. The fraction of sp³-hybridized carbons (Fsp3) is 0.500. The lowest BCUT2D eigenvalue weighted by Crippen LogP contribution is -2.17. The number of hydrogen-bond donors (Lipinski definition) is 1. The van der Waals surface area contributed by atoms with E-state index in [-0.39, 0.29) is 0 Å². The van der Waals surface area contributed by atoms with Gasteiger partial charge in [0, 0.05) is 20.3 Å². The Balaban J connectivity index is 3.04. The fourth-order valence-electron chi connectivity index (χ4n) is 1.29. The summed E-state index contributed by atoms with van der Waals surface area (Å²) in [5, 5.41) is 0. The predicted molar refractivity (Wildman–Crippen MR) is 56.0 cm³/mol. The molecule has 2 N–H and O–H groups in total. The van der Waals surface area contributed by atoms with Crippen molar-refractivity contribution in [3.8, 4) is 0 Å². The molecule has 1 unspecified atom stereocenters. The van der Waals surface area contributed by atoms with Gasteiger partial charge in [-0.25, -0.2) is 4.98 Å². The Labute approximate surface area is 79.6 Å². The van der Waals surface area contributed by atoms with Gasteiger partial charge < -0.3 is 10.6 Å². The van der Waals surface area contributed by atoms with Crippen LogP contribution in [0, 0.1) is 0 Å². The summed E-state index contributed by atoms with van der Waals surface area (Å²) in [6.07, 6.45) is 1.81. The van der Waals surface area contributed by atoms with Crippen molar-refractivity contribution in [2.75, 3.05) is 25.5 Å². The molecule has 3 heteroatoms. The highest BCUT2D eigenvalue weighted by Gasteiger charge is 2.10. The summed E-state index contributed by atoms with van der Waals surface area (Å²) in [7, 11) is 3.99. The van der Waals surface area contributed by atoms with E-state index in [9.17, 15) is 0 Å². The van der Waals surface area contributed by atoms with Crippen LogP contribution in [0.3, 0.4) is 0 Å². The van der Waals surface area contributed by atoms with Gasteiger partial charge in [-0.1, -0.05) is 13.0 Å². The molecule has 0 aliphatic heterocycles. The normalized spacial score (nSPS) is 12.6. The average molecular weight is 179 g/mol. The molecule has 0 bridgehead atoms. The van der Waals surface area contributed by atoms with E-state index in [1.807, 2.05) is 31.3 Å². The molecule has 0 saturated heterocycles. The summed E-state index contributed by atoms with van der Waals surface area (Å²) >= 11 is 0. The third kappa shape index (κ3) is 2.18. The van der Waals surface area contributed by atoms with Crippen LogP contribution in [-0.2, 0) is 0 Å². The second kappa shape index (κ2) is 4.23. The third-order valence-corrected chi connectivity index (χ3v) is 2.12. The summed E-state index contributed by atoms with van der Waals surface area (Å²) in [5.41, 5.74) is 6.84. The van der Waals surface area contributed by atoms with Gasteiger partial charge in [-0.3, -0.25) is 0 Å². The molecule has 0 aliphatic rings. The van der Waals surface area contributed by atoms with Crippen LogP contribution in [0.1, 0.15) is 18.4 Å². The van der Waals surface area contributed by atoms with Gasteiger partial charge in [-0.05, 0) is 24.1 Å². The first-order chi connectivity index (χ1) is 6.16. The molecular weight excluding hydrogens is 162 g/mol. The minimum absolute atomic E-state index is 0.367. The number of rotatable bonds is 3. The molecule has 3 nitrogen and oxygen atoms in total. The van der Waals surface area contributed by atoms with Crippen molar-refractivity contribution >= 4 is 5.82 Å². The Morgan fingerprint density at radius 1 is 1.54 bits per heavy atom. The molecular formula is C10H17N3. The molecule has 1 aromatic rings. The highest BCUT2D eigenvalue weighted by Crippen LogP contribution is 2.22. The van der Waals surface area contributed by atoms with Gasteiger partial charge in [0.1, 0.15) is 5.82 Å².